The molecule has 1 aliphatic carbocycles. The van der Waals surface area contributed by atoms with Gasteiger partial charge in [-0.05, 0) is 79.0 Å². The maximum atomic E-state index is 11.7. The topological polar surface area (TPSA) is 92.9 Å². The van der Waals surface area contributed by atoms with Crippen molar-refractivity contribution in [3.8, 4) is 16.9 Å². The number of nitrogens with two attached hydrogens (primary N) is 1. The lowest BCUT2D eigenvalue weighted by Gasteiger charge is -2.38. The fraction of sp³-hybridized carbons (Fsp3) is 0.440. The Morgan fingerprint density at radius 1 is 1.13 bits per heavy atom. The molecule has 0 spiro atoms. The molecule has 1 aliphatic rings. The predicted octanol–water partition coefficient (Wildman–Crippen LogP) is 5.09. The van der Waals surface area contributed by atoms with Crippen LogP contribution in [0.4, 0.5) is 4.79 Å². The fourth-order valence-electron chi connectivity index (χ4n) is 4.21. The van der Waals surface area contributed by atoms with Gasteiger partial charge in [0, 0.05) is 11.6 Å². The smallest absolute Gasteiger partial charge is 0.407 e. The molecule has 3 N–H and O–H groups in total. The molecule has 166 valence electrons. The van der Waals surface area contributed by atoms with Crippen LogP contribution in [0.1, 0.15) is 55.5 Å². The molecule has 0 bridgehead atoms. The van der Waals surface area contributed by atoms with Crippen LogP contribution >= 0.6 is 0 Å². The number of primary amides is 1. The molecule has 3 rings (SSSR count). The molecule has 1 fully saturated rings. The third kappa shape index (κ3) is 5.78. The van der Waals surface area contributed by atoms with Gasteiger partial charge in [-0.3, -0.25) is 4.79 Å². The number of ether oxygens (including phenoxy) is 1. The standard InChI is InChI=1S/C25H32N2O4/c1-17-4-5-19(23(26)28)16-22(17)18-6-8-21(9-7-18)31-15-14-27(24(29)30)20-10-12-25(2,3)13-11-20/h4-9,16,20H,10-15H2,1-3H3,(H2,26,28)(H,29,30). The van der Waals surface area contributed by atoms with Crippen LogP contribution < -0.4 is 10.5 Å². The van der Waals surface area contributed by atoms with Gasteiger partial charge in [-0.1, -0.05) is 32.0 Å². The summed E-state index contributed by atoms with van der Waals surface area (Å²) < 4.78 is 5.82. The van der Waals surface area contributed by atoms with Crippen LogP contribution in [0, 0.1) is 12.3 Å². The Bertz CT molecular complexity index is 927. The van der Waals surface area contributed by atoms with Crippen molar-refractivity contribution in [2.45, 2.75) is 52.5 Å². The molecule has 0 saturated heterocycles. The van der Waals surface area contributed by atoms with Crippen LogP contribution in [0.2, 0.25) is 0 Å². The summed E-state index contributed by atoms with van der Waals surface area (Å²) in [7, 11) is 0. The SMILES string of the molecule is Cc1ccc(C(N)=O)cc1-c1ccc(OCCN(C(=O)O)C2CCC(C)(C)CC2)cc1. The normalized spacial score (nSPS) is 16.0. The van der Waals surface area contributed by atoms with E-state index in [0.29, 0.717) is 29.9 Å². The van der Waals surface area contributed by atoms with Crippen LogP contribution in [0.3, 0.4) is 0 Å². The first-order valence-electron chi connectivity index (χ1n) is 10.8. The molecule has 31 heavy (non-hydrogen) atoms. The summed E-state index contributed by atoms with van der Waals surface area (Å²) in [6, 6.07) is 13.1. The Morgan fingerprint density at radius 3 is 2.35 bits per heavy atom. The Morgan fingerprint density at radius 2 is 1.77 bits per heavy atom. The molecular weight excluding hydrogens is 392 g/mol. The van der Waals surface area contributed by atoms with Gasteiger partial charge in [0.15, 0.2) is 0 Å². The monoisotopic (exact) mass is 424 g/mol. The number of hydrogen-bond acceptors (Lipinski definition) is 3. The predicted molar refractivity (Wildman–Crippen MR) is 121 cm³/mol. The van der Waals surface area contributed by atoms with E-state index in [0.717, 1.165) is 42.4 Å². The minimum Gasteiger partial charge on any atom is -0.492 e. The van der Waals surface area contributed by atoms with Gasteiger partial charge >= 0.3 is 6.09 Å². The summed E-state index contributed by atoms with van der Waals surface area (Å²) in [5.41, 5.74) is 9.13. The Hall–Kier alpha value is -3.02. The molecule has 0 atom stereocenters. The highest BCUT2D eigenvalue weighted by atomic mass is 16.5. The number of carboxylic acid groups (broad SMARTS) is 1. The van der Waals surface area contributed by atoms with Crippen LogP contribution in [0.25, 0.3) is 11.1 Å². The minimum atomic E-state index is -0.881. The number of carbonyl (C=O) groups is 2. The van der Waals surface area contributed by atoms with E-state index in [1.54, 1.807) is 12.1 Å². The van der Waals surface area contributed by atoms with E-state index < -0.39 is 12.0 Å². The third-order valence-corrected chi connectivity index (χ3v) is 6.28. The summed E-state index contributed by atoms with van der Waals surface area (Å²) in [6.45, 7) is 7.13. The second kappa shape index (κ2) is 9.41. The number of hydrogen-bond donors (Lipinski definition) is 2. The number of nitrogens with zero attached hydrogens (tertiary/aromatic N) is 1. The first-order valence-corrected chi connectivity index (χ1v) is 10.8. The fourth-order valence-corrected chi connectivity index (χ4v) is 4.21. The Kier molecular flexibility index (Phi) is 6.88. The van der Waals surface area contributed by atoms with Gasteiger partial charge in [0.05, 0.1) is 6.54 Å². The second-order valence-electron chi connectivity index (χ2n) is 9.14. The molecule has 0 heterocycles. The van der Waals surface area contributed by atoms with Crippen molar-refractivity contribution in [1.29, 1.82) is 0 Å². The van der Waals surface area contributed by atoms with Crippen molar-refractivity contribution >= 4 is 12.0 Å². The lowest BCUT2D eigenvalue weighted by Crippen LogP contribution is -2.44. The molecule has 2 aromatic carbocycles. The van der Waals surface area contributed by atoms with Gasteiger partial charge in [0.2, 0.25) is 5.91 Å². The first kappa shape index (κ1) is 22.7. The molecule has 2 amide bonds. The molecule has 0 aromatic heterocycles. The zero-order valence-electron chi connectivity index (χ0n) is 18.6. The first-order chi connectivity index (χ1) is 14.7. The summed E-state index contributed by atoms with van der Waals surface area (Å²) in [6.07, 6.45) is 3.00. The van der Waals surface area contributed by atoms with E-state index in [-0.39, 0.29) is 6.04 Å². The van der Waals surface area contributed by atoms with E-state index in [9.17, 15) is 14.7 Å². The largest absolute Gasteiger partial charge is 0.492 e. The molecule has 0 radical (unpaired) electrons. The van der Waals surface area contributed by atoms with Gasteiger partial charge in [0.1, 0.15) is 12.4 Å². The Labute approximate surface area is 184 Å². The summed E-state index contributed by atoms with van der Waals surface area (Å²) >= 11 is 0. The summed E-state index contributed by atoms with van der Waals surface area (Å²) in [5.74, 6) is 0.230. The molecule has 2 aromatic rings. The maximum absolute atomic E-state index is 11.7. The number of aryl methyl sites for hydroxylation is 1. The molecule has 6 heteroatoms. The zero-order valence-corrected chi connectivity index (χ0v) is 18.6. The van der Waals surface area contributed by atoms with Crippen molar-refractivity contribution < 1.29 is 19.4 Å². The van der Waals surface area contributed by atoms with Crippen LogP contribution in [-0.2, 0) is 0 Å². The van der Waals surface area contributed by atoms with Crippen molar-refractivity contribution in [2.24, 2.45) is 11.1 Å². The molecular formula is C25H32N2O4. The lowest BCUT2D eigenvalue weighted by atomic mass is 9.75. The van der Waals surface area contributed by atoms with E-state index in [1.165, 1.54) is 4.90 Å². The summed E-state index contributed by atoms with van der Waals surface area (Å²) in [4.78, 5) is 24.8. The van der Waals surface area contributed by atoms with Gasteiger partial charge in [-0.15, -0.1) is 0 Å². The van der Waals surface area contributed by atoms with Crippen molar-refractivity contribution in [2.75, 3.05) is 13.2 Å². The van der Waals surface area contributed by atoms with Gasteiger partial charge in [-0.25, -0.2) is 4.79 Å². The van der Waals surface area contributed by atoms with Crippen LogP contribution in [0.15, 0.2) is 42.5 Å². The maximum Gasteiger partial charge on any atom is 0.407 e. The quantitative estimate of drug-likeness (QED) is 0.647. The molecule has 1 saturated carbocycles. The zero-order chi connectivity index (χ0) is 22.6. The molecule has 0 unspecified atom stereocenters. The lowest BCUT2D eigenvalue weighted by molar-refractivity contribution is 0.0804. The van der Waals surface area contributed by atoms with Gasteiger partial charge in [0.25, 0.3) is 0 Å². The average Bonchev–Trinajstić information content (AvgIpc) is 2.72. The average molecular weight is 425 g/mol. The number of benzene rings is 2. The number of amides is 2. The molecule has 0 aliphatic heterocycles. The van der Waals surface area contributed by atoms with Crippen LogP contribution in [-0.4, -0.2) is 41.2 Å². The van der Waals surface area contributed by atoms with E-state index in [2.05, 4.69) is 13.8 Å². The van der Waals surface area contributed by atoms with E-state index in [1.807, 2.05) is 37.3 Å². The minimum absolute atomic E-state index is 0.0667. The van der Waals surface area contributed by atoms with Crippen molar-refractivity contribution in [1.82, 2.24) is 4.90 Å². The van der Waals surface area contributed by atoms with Crippen molar-refractivity contribution in [3.05, 3.63) is 53.6 Å². The number of carbonyl (C=O) groups excluding carboxylic acids is 1. The second-order valence-corrected chi connectivity index (χ2v) is 9.14. The van der Waals surface area contributed by atoms with E-state index >= 15 is 0 Å². The highest BCUT2D eigenvalue weighted by molar-refractivity contribution is 5.94. The van der Waals surface area contributed by atoms with Gasteiger partial charge in [-0.2, -0.15) is 0 Å². The molecule has 6 nitrogen and oxygen atoms in total. The highest BCUT2D eigenvalue weighted by Gasteiger charge is 2.32. The van der Waals surface area contributed by atoms with E-state index in [4.69, 9.17) is 10.5 Å². The Balaban J connectivity index is 1.59. The third-order valence-electron chi connectivity index (χ3n) is 6.28. The number of rotatable bonds is 7. The summed E-state index contributed by atoms with van der Waals surface area (Å²) in [5, 5.41) is 9.64. The van der Waals surface area contributed by atoms with Gasteiger partial charge < -0.3 is 20.5 Å². The highest BCUT2D eigenvalue weighted by Crippen LogP contribution is 2.37. The van der Waals surface area contributed by atoms with Crippen LogP contribution in [0.5, 0.6) is 5.75 Å². The van der Waals surface area contributed by atoms with Crippen molar-refractivity contribution in [3.63, 3.8) is 0 Å².